The van der Waals surface area contributed by atoms with E-state index in [1.54, 1.807) is 25.4 Å². The quantitative estimate of drug-likeness (QED) is 0.886. The minimum Gasteiger partial charge on any atom is -0.496 e. The second kappa shape index (κ2) is 5.18. The number of aromatic nitrogens is 1. The van der Waals surface area contributed by atoms with Crippen molar-refractivity contribution in [3.63, 3.8) is 0 Å². The van der Waals surface area contributed by atoms with Gasteiger partial charge in [0.2, 0.25) is 0 Å². The van der Waals surface area contributed by atoms with Crippen molar-refractivity contribution in [2.24, 2.45) is 0 Å². The van der Waals surface area contributed by atoms with Gasteiger partial charge in [-0.1, -0.05) is 18.2 Å². The summed E-state index contributed by atoms with van der Waals surface area (Å²) in [4.78, 5) is 15.0. The van der Waals surface area contributed by atoms with Crippen LogP contribution in [0.3, 0.4) is 0 Å². The van der Waals surface area contributed by atoms with Crippen molar-refractivity contribution in [3.05, 3.63) is 53.9 Å². The van der Waals surface area contributed by atoms with E-state index >= 15 is 0 Å². The molecule has 1 heterocycles. The molecule has 2 rings (SSSR count). The van der Waals surface area contributed by atoms with Crippen LogP contribution in [0.2, 0.25) is 0 Å². The van der Waals surface area contributed by atoms with Crippen LogP contribution in [0.25, 0.3) is 0 Å². The maximum atomic E-state index is 12.1. The third-order valence-electron chi connectivity index (χ3n) is 3.05. The minimum atomic E-state index is -0.519. The van der Waals surface area contributed by atoms with Crippen LogP contribution in [-0.4, -0.2) is 18.0 Å². The zero-order valence-electron chi connectivity index (χ0n) is 11.4. The molecule has 0 aliphatic carbocycles. The van der Waals surface area contributed by atoms with Crippen molar-refractivity contribution in [2.75, 3.05) is 7.11 Å². The molecule has 19 heavy (non-hydrogen) atoms. The lowest BCUT2D eigenvalue weighted by molar-refractivity contribution is 0.0906. The smallest absolute Gasteiger partial charge is 0.268 e. The van der Waals surface area contributed by atoms with Crippen LogP contribution >= 0.6 is 0 Å². The standard InChI is InChI=1S/C15H18N2O2/c1-15(2,11-7-4-5-9-13(11)19-3)17-14(18)12-8-6-10-16-12/h4-10,16H,1-3H3,(H,17,18). The highest BCUT2D eigenvalue weighted by Crippen LogP contribution is 2.29. The van der Waals surface area contributed by atoms with E-state index in [2.05, 4.69) is 10.3 Å². The van der Waals surface area contributed by atoms with Crippen LogP contribution in [0.5, 0.6) is 5.75 Å². The molecule has 4 heteroatoms. The van der Waals surface area contributed by atoms with Gasteiger partial charge in [0.05, 0.1) is 12.6 Å². The van der Waals surface area contributed by atoms with Gasteiger partial charge in [-0.25, -0.2) is 0 Å². The normalized spacial score (nSPS) is 11.1. The van der Waals surface area contributed by atoms with Gasteiger partial charge in [0.15, 0.2) is 0 Å². The second-order valence-corrected chi connectivity index (χ2v) is 4.86. The van der Waals surface area contributed by atoms with E-state index in [1.165, 1.54) is 0 Å². The predicted molar refractivity (Wildman–Crippen MR) is 74.3 cm³/mol. The number of nitrogens with one attached hydrogen (secondary N) is 2. The Balaban J connectivity index is 2.25. The lowest BCUT2D eigenvalue weighted by Gasteiger charge is -2.28. The van der Waals surface area contributed by atoms with Crippen molar-refractivity contribution in [1.82, 2.24) is 10.3 Å². The molecule has 0 aliphatic rings. The van der Waals surface area contributed by atoms with E-state index in [0.29, 0.717) is 5.69 Å². The molecule has 4 nitrogen and oxygen atoms in total. The van der Waals surface area contributed by atoms with Crippen LogP contribution in [0, 0.1) is 0 Å². The summed E-state index contributed by atoms with van der Waals surface area (Å²) in [6.45, 7) is 3.90. The molecule has 1 aromatic carbocycles. The van der Waals surface area contributed by atoms with Gasteiger partial charge in [-0.3, -0.25) is 4.79 Å². The van der Waals surface area contributed by atoms with Gasteiger partial charge in [0.25, 0.3) is 5.91 Å². The fraction of sp³-hybridized carbons (Fsp3) is 0.267. The van der Waals surface area contributed by atoms with Gasteiger partial charge in [-0.15, -0.1) is 0 Å². The van der Waals surface area contributed by atoms with Gasteiger partial charge in [0, 0.05) is 11.8 Å². The maximum absolute atomic E-state index is 12.1. The summed E-state index contributed by atoms with van der Waals surface area (Å²) < 4.78 is 5.34. The van der Waals surface area contributed by atoms with E-state index in [9.17, 15) is 4.79 Å². The average molecular weight is 258 g/mol. The van der Waals surface area contributed by atoms with Gasteiger partial charge in [-0.05, 0) is 32.0 Å². The molecule has 1 amide bonds. The lowest BCUT2D eigenvalue weighted by atomic mass is 9.93. The number of amides is 1. The number of aromatic amines is 1. The van der Waals surface area contributed by atoms with Gasteiger partial charge in [0.1, 0.15) is 11.4 Å². The van der Waals surface area contributed by atoms with E-state index in [0.717, 1.165) is 11.3 Å². The SMILES string of the molecule is COc1ccccc1C(C)(C)NC(=O)c1ccc[nH]1. The fourth-order valence-corrected chi connectivity index (χ4v) is 2.05. The van der Waals surface area contributed by atoms with E-state index < -0.39 is 5.54 Å². The molecule has 0 saturated heterocycles. The Morgan fingerprint density at radius 3 is 2.58 bits per heavy atom. The largest absolute Gasteiger partial charge is 0.496 e. The van der Waals surface area contributed by atoms with Crippen molar-refractivity contribution < 1.29 is 9.53 Å². The zero-order valence-corrected chi connectivity index (χ0v) is 11.4. The number of H-pyrrole nitrogens is 1. The Kier molecular flexibility index (Phi) is 3.60. The fourth-order valence-electron chi connectivity index (χ4n) is 2.05. The van der Waals surface area contributed by atoms with Crippen LogP contribution in [-0.2, 0) is 5.54 Å². The van der Waals surface area contributed by atoms with Crippen LogP contribution < -0.4 is 10.1 Å². The molecule has 2 N–H and O–H groups in total. The summed E-state index contributed by atoms with van der Waals surface area (Å²) >= 11 is 0. The first kappa shape index (κ1) is 13.2. The highest BCUT2D eigenvalue weighted by atomic mass is 16.5. The first-order chi connectivity index (χ1) is 9.04. The Hall–Kier alpha value is -2.23. The molecule has 0 radical (unpaired) electrons. The third kappa shape index (κ3) is 2.78. The molecule has 0 atom stereocenters. The molecular weight excluding hydrogens is 240 g/mol. The molecule has 2 aromatic rings. The number of carbonyl (C=O) groups is 1. The molecule has 0 fully saturated rings. The lowest BCUT2D eigenvalue weighted by Crippen LogP contribution is -2.41. The first-order valence-electron chi connectivity index (χ1n) is 6.14. The number of rotatable bonds is 4. The molecular formula is C15H18N2O2. The van der Waals surface area contributed by atoms with Gasteiger partial charge in [-0.2, -0.15) is 0 Å². The molecule has 1 aromatic heterocycles. The van der Waals surface area contributed by atoms with Gasteiger partial charge >= 0.3 is 0 Å². The second-order valence-electron chi connectivity index (χ2n) is 4.86. The van der Waals surface area contributed by atoms with Crippen molar-refractivity contribution in [2.45, 2.75) is 19.4 Å². The number of benzene rings is 1. The summed E-state index contributed by atoms with van der Waals surface area (Å²) in [6.07, 6.45) is 1.73. The monoisotopic (exact) mass is 258 g/mol. The Bertz CT molecular complexity index is 559. The highest BCUT2D eigenvalue weighted by molar-refractivity contribution is 5.93. The van der Waals surface area contributed by atoms with Gasteiger partial charge < -0.3 is 15.0 Å². The summed E-state index contributed by atoms with van der Waals surface area (Å²) in [5, 5.41) is 3.00. The van der Waals surface area contributed by atoms with Crippen molar-refractivity contribution >= 4 is 5.91 Å². The molecule has 0 saturated carbocycles. The average Bonchev–Trinajstić information content (AvgIpc) is 2.92. The first-order valence-corrected chi connectivity index (χ1v) is 6.14. The summed E-state index contributed by atoms with van der Waals surface area (Å²) in [6, 6.07) is 11.2. The zero-order chi connectivity index (χ0) is 13.9. The molecule has 0 aliphatic heterocycles. The van der Waals surface area contributed by atoms with E-state index in [4.69, 9.17) is 4.74 Å². The number of ether oxygens (including phenoxy) is 1. The Labute approximate surface area is 112 Å². The Morgan fingerprint density at radius 1 is 1.21 bits per heavy atom. The van der Waals surface area contributed by atoms with Crippen molar-refractivity contribution in [1.29, 1.82) is 0 Å². The number of para-hydroxylation sites is 1. The number of hydrogen-bond donors (Lipinski definition) is 2. The Morgan fingerprint density at radius 2 is 1.95 bits per heavy atom. The van der Waals surface area contributed by atoms with Crippen LogP contribution in [0.15, 0.2) is 42.6 Å². The predicted octanol–water partition coefficient (Wildman–Crippen LogP) is 2.69. The minimum absolute atomic E-state index is 0.138. The topological polar surface area (TPSA) is 54.1 Å². The van der Waals surface area contributed by atoms with E-state index in [-0.39, 0.29) is 5.91 Å². The molecule has 0 unspecified atom stereocenters. The third-order valence-corrected chi connectivity index (χ3v) is 3.05. The van der Waals surface area contributed by atoms with Crippen LogP contribution in [0.4, 0.5) is 0 Å². The van der Waals surface area contributed by atoms with Crippen molar-refractivity contribution in [3.8, 4) is 5.75 Å². The number of carbonyl (C=O) groups excluding carboxylic acids is 1. The molecule has 0 bridgehead atoms. The van der Waals surface area contributed by atoms with E-state index in [1.807, 2.05) is 38.1 Å². The summed E-state index contributed by atoms with van der Waals surface area (Å²) in [5.74, 6) is 0.625. The maximum Gasteiger partial charge on any atom is 0.268 e. The van der Waals surface area contributed by atoms with Crippen LogP contribution in [0.1, 0.15) is 29.9 Å². The number of hydrogen-bond acceptors (Lipinski definition) is 2. The number of methoxy groups -OCH3 is 1. The molecule has 0 spiro atoms. The summed E-state index contributed by atoms with van der Waals surface area (Å²) in [7, 11) is 1.63. The molecule has 100 valence electrons. The highest BCUT2D eigenvalue weighted by Gasteiger charge is 2.26. The summed E-state index contributed by atoms with van der Waals surface area (Å²) in [5.41, 5.74) is 0.967.